The van der Waals surface area contributed by atoms with Gasteiger partial charge in [-0.05, 0) is 42.0 Å². The molecule has 27 heavy (non-hydrogen) atoms. The molecule has 8 heteroatoms. The quantitative estimate of drug-likeness (QED) is 0.771. The first-order chi connectivity index (χ1) is 13.1. The van der Waals surface area contributed by atoms with Crippen LogP contribution in [0.1, 0.15) is 26.3 Å². The van der Waals surface area contributed by atoms with Crippen molar-refractivity contribution in [2.24, 2.45) is 0 Å². The Morgan fingerprint density at radius 3 is 2.33 bits per heavy atom. The van der Waals surface area contributed by atoms with Crippen molar-refractivity contribution in [1.82, 2.24) is 5.32 Å². The van der Waals surface area contributed by atoms with Gasteiger partial charge in [0.05, 0.1) is 18.2 Å². The standard InChI is InChI=1S/C19H17NO7/c1-24-18(22)13-3-5-14(6-4-13)19(23)25-10-17(21)20-9-12-2-7-15-16(8-12)27-11-26-15/h2-8H,9-11H2,1H3,(H,20,21). The van der Waals surface area contributed by atoms with Crippen LogP contribution in [0.15, 0.2) is 42.5 Å². The van der Waals surface area contributed by atoms with Crippen LogP contribution in [0.2, 0.25) is 0 Å². The van der Waals surface area contributed by atoms with Gasteiger partial charge in [-0.1, -0.05) is 6.07 Å². The molecule has 3 rings (SSSR count). The zero-order valence-electron chi connectivity index (χ0n) is 14.5. The molecule has 140 valence electrons. The third kappa shape index (κ3) is 4.55. The van der Waals surface area contributed by atoms with E-state index in [9.17, 15) is 14.4 Å². The average molecular weight is 371 g/mol. The molecule has 0 atom stereocenters. The minimum absolute atomic E-state index is 0.182. The lowest BCUT2D eigenvalue weighted by molar-refractivity contribution is -0.124. The fourth-order valence-corrected chi connectivity index (χ4v) is 2.38. The van der Waals surface area contributed by atoms with E-state index in [4.69, 9.17) is 14.2 Å². The Morgan fingerprint density at radius 1 is 0.963 bits per heavy atom. The Bertz CT molecular complexity index is 861. The van der Waals surface area contributed by atoms with Gasteiger partial charge in [-0.2, -0.15) is 0 Å². The summed E-state index contributed by atoms with van der Waals surface area (Å²) in [6.07, 6.45) is 0. The second-order valence-electron chi connectivity index (χ2n) is 5.61. The van der Waals surface area contributed by atoms with Crippen LogP contribution in [0.4, 0.5) is 0 Å². The lowest BCUT2D eigenvalue weighted by atomic mass is 10.1. The van der Waals surface area contributed by atoms with Crippen LogP contribution in [0, 0.1) is 0 Å². The van der Waals surface area contributed by atoms with E-state index < -0.39 is 24.5 Å². The Morgan fingerprint density at radius 2 is 1.63 bits per heavy atom. The minimum Gasteiger partial charge on any atom is -0.465 e. The SMILES string of the molecule is COC(=O)c1ccc(C(=O)OCC(=O)NCc2ccc3c(c2)OCO3)cc1. The molecule has 0 radical (unpaired) electrons. The summed E-state index contributed by atoms with van der Waals surface area (Å²) in [5, 5.41) is 2.65. The van der Waals surface area contributed by atoms with Gasteiger partial charge in [0.25, 0.3) is 5.91 Å². The largest absolute Gasteiger partial charge is 0.465 e. The summed E-state index contributed by atoms with van der Waals surface area (Å²) in [6.45, 7) is 0.0324. The van der Waals surface area contributed by atoms with Crippen molar-refractivity contribution in [3.8, 4) is 11.5 Å². The van der Waals surface area contributed by atoms with Crippen LogP contribution in [0.25, 0.3) is 0 Å². The number of hydrogen-bond acceptors (Lipinski definition) is 7. The number of benzene rings is 2. The Labute approximate surface area is 155 Å². The van der Waals surface area contributed by atoms with Crippen LogP contribution in [-0.2, 0) is 20.8 Å². The third-order valence-electron chi connectivity index (χ3n) is 3.80. The van der Waals surface area contributed by atoms with Crippen LogP contribution < -0.4 is 14.8 Å². The molecule has 0 saturated carbocycles. The monoisotopic (exact) mass is 371 g/mol. The van der Waals surface area contributed by atoms with Crippen LogP contribution in [-0.4, -0.2) is 38.4 Å². The minimum atomic E-state index is -0.662. The van der Waals surface area contributed by atoms with Crippen LogP contribution >= 0.6 is 0 Å². The second kappa shape index (κ2) is 8.22. The molecule has 0 bridgehead atoms. The molecule has 2 aromatic carbocycles. The molecule has 1 amide bonds. The van der Waals surface area contributed by atoms with Crippen molar-refractivity contribution in [3.05, 3.63) is 59.2 Å². The first kappa shape index (κ1) is 18.2. The zero-order valence-corrected chi connectivity index (χ0v) is 14.5. The number of esters is 2. The van der Waals surface area contributed by atoms with Gasteiger partial charge in [0, 0.05) is 6.54 Å². The number of carbonyl (C=O) groups is 3. The van der Waals surface area contributed by atoms with Gasteiger partial charge in [0.15, 0.2) is 18.1 Å². The molecule has 2 aromatic rings. The van der Waals surface area contributed by atoms with E-state index in [2.05, 4.69) is 10.1 Å². The predicted octanol–water partition coefficient (Wildman–Crippen LogP) is 1.68. The Kier molecular flexibility index (Phi) is 5.55. The molecule has 1 N–H and O–H groups in total. The van der Waals surface area contributed by atoms with Gasteiger partial charge in [-0.3, -0.25) is 4.79 Å². The molecule has 0 unspecified atom stereocenters. The molecular weight excluding hydrogens is 354 g/mol. The van der Waals surface area contributed by atoms with Crippen molar-refractivity contribution in [3.63, 3.8) is 0 Å². The number of nitrogens with one attached hydrogen (secondary N) is 1. The van der Waals surface area contributed by atoms with Crippen molar-refractivity contribution < 1.29 is 33.3 Å². The summed E-state index contributed by atoms with van der Waals surface area (Å²) in [7, 11) is 1.27. The van der Waals surface area contributed by atoms with Gasteiger partial charge in [0.1, 0.15) is 0 Å². The van der Waals surface area contributed by atoms with Crippen LogP contribution in [0.5, 0.6) is 11.5 Å². The van der Waals surface area contributed by atoms with Gasteiger partial charge in [-0.25, -0.2) is 9.59 Å². The van der Waals surface area contributed by atoms with E-state index in [1.54, 1.807) is 12.1 Å². The number of carbonyl (C=O) groups excluding carboxylic acids is 3. The van der Waals surface area contributed by atoms with E-state index in [0.717, 1.165) is 5.56 Å². The summed E-state index contributed by atoms with van der Waals surface area (Å²) >= 11 is 0. The third-order valence-corrected chi connectivity index (χ3v) is 3.80. The number of fused-ring (bicyclic) bond motifs is 1. The summed E-state index contributed by atoms with van der Waals surface area (Å²) in [4.78, 5) is 35.2. The topological polar surface area (TPSA) is 100 Å². The second-order valence-corrected chi connectivity index (χ2v) is 5.61. The lowest BCUT2D eigenvalue weighted by Gasteiger charge is -2.08. The van der Waals surface area contributed by atoms with E-state index >= 15 is 0 Å². The van der Waals surface area contributed by atoms with Gasteiger partial charge >= 0.3 is 11.9 Å². The molecule has 0 saturated heterocycles. The molecular formula is C19H17NO7. The van der Waals surface area contributed by atoms with Crippen molar-refractivity contribution in [2.45, 2.75) is 6.54 Å². The molecule has 1 heterocycles. The fraction of sp³-hybridized carbons (Fsp3) is 0.211. The molecule has 0 fully saturated rings. The van der Waals surface area contributed by atoms with Crippen LogP contribution in [0.3, 0.4) is 0 Å². The maximum absolute atomic E-state index is 12.0. The lowest BCUT2D eigenvalue weighted by Crippen LogP contribution is -2.28. The van der Waals surface area contributed by atoms with Crippen molar-refractivity contribution in [2.75, 3.05) is 20.5 Å². The number of amides is 1. The van der Waals surface area contributed by atoms with E-state index in [1.165, 1.54) is 31.4 Å². The maximum Gasteiger partial charge on any atom is 0.338 e. The normalized spacial score (nSPS) is 11.6. The first-order valence-electron chi connectivity index (χ1n) is 8.07. The van der Waals surface area contributed by atoms with E-state index in [-0.39, 0.29) is 18.9 Å². The van der Waals surface area contributed by atoms with E-state index in [0.29, 0.717) is 17.1 Å². The number of hydrogen-bond donors (Lipinski definition) is 1. The summed E-state index contributed by atoms with van der Waals surface area (Å²) in [5.74, 6) is -0.310. The molecule has 1 aliphatic rings. The first-order valence-corrected chi connectivity index (χ1v) is 8.07. The van der Waals surface area contributed by atoms with Gasteiger partial charge in [-0.15, -0.1) is 0 Å². The predicted molar refractivity (Wildman–Crippen MR) is 92.5 cm³/mol. The highest BCUT2D eigenvalue weighted by Crippen LogP contribution is 2.32. The fourth-order valence-electron chi connectivity index (χ4n) is 2.38. The molecule has 1 aliphatic heterocycles. The number of methoxy groups -OCH3 is 1. The highest BCUT2D eigenvalue weighted by Gasteiger charge is 2.14. The Hall–Kier alpha value is -3.55. The smallest absolute Gasteiger partial charge is 0.338 e. The highest BCUT2D eigenvalue weighted by molar-refractivity contribution is 5.94. The summed E-state index contributed by atoms with van der Waals surface area (Å²) in [5.41, 5.74) is 1.37. The highest BCUT2D eigenvalue weighted by atomic mass is 16.7. The number of rotatable bonds is 6. The molecule has 0 spiro atoms. The van der Waals surface area contributed by atoms with Gasteiger partial charge < -0.3 is 24.3 Å². The maximum atomic E-state index is 12.0. The molecule has 0 aromatic heterocycles. The number of ether oxygens (including phenoxy) is 4. The average Bonchev–Trinajstić information content (AvgIpc) is 3.17. The summed E-state index contributed by atoms with van der Waals surface area (Å²) in [6, 6.07) is 11.1. The summed E-state index contributed by atoms with van der Waals surface area (Å²) < 4.78 is 20.0. The Balaban J connectivity index is 1.46. The molecule has 8 nitrogen and oxygen atoms in total. The van der Waals surface area contributed by atoms with Gasteiger partial charge in [0.2, 0.25) is 6.79 Å². The van der Waals surface area contributed by atoms with Crippen molar-refractivity contribution >= 4 is 17.8 Å². The molecule has 0 aliphatic carbocycles. The van der Waals surface area contributed by atoms with E-state index in [1.807, 2.05) is 6.07 Å². The zero-order chi connectivity index (χ0) is 19.2. The van der Waals surface area contributed by atoms with Crippen molar-refractivity contribution in [1.29, 1.82) is 0 Å².